The fourth-order valence-electron chi connectivity index (χ4n) is 4.27. The van der Waals surface area contributed by atoms with Gasteiger partial charge in [0.15, 0.2) is 0 Å². The molecule has 0 radical (unpaired) electrons. The average Bonchev–Trinajstić information content (AvgIpc) is 3.31. The highest BCUT2D eigenvalue weighted by Crippen LogP contribution is 2.37. The van der Waals surface area contributed by atoms with E-state index in [9.17, 15) is 0 Å². The molecule has 1 aliphatic rings. The lowest BCUT2D eigenvalue weighted by molar-refractivity contribution is -0.636. The molecule has 6 rings (SSSR count). The second kappa shape index (κ2) is 4.79. The van der Waals surface area contributed by atoms with E-state index in [-0.39, 0.29) is 0 Å². The van der Waals surface area contributed by atoms with Crippen LogP contribution in [0.1, 0.15) is 5.69 Å². The Kier molecular flexibility index (Phi) is 2.54. The summed E-state index contributed by atoms with van der Waals surface area (Å²) in [6.07, 6.45) is 3.74. The summed E-state index contributed by atoms with van der Waals surface area (Å²) < 4.78 is 6.93. The summed E-state index contributed by atoms with van der Waals surface area (Å²) in [6.45, 7) is 0.785. The standard InChI is InChI=1S/C21H16N5/c1-24-20-15-9-5-11-22-16(15)13-25(20)19-18-17(10-6-12-23-18)26(21(19)24)14-7-3-2-4-8-14/h2-12H,13H2,1H3/q+1. The molecule has 4 aromatic heterocycles. The van der Waals surface area contributed by atoms with E-state index in [4.69, 9.17) is 4.98 Å². The van der Waals surface area contributed by atoms with Gasteiger partial charge in [0.05, 0.1) is 18.3 Å². The van der Waals surface area contributed by atoms with E-state index in [0.717, 1.165) is 34.6 Å². The summed E-state index contributed by atoms with van der Waals surface area (Å²) in [7, 11) is 2.13. The number of imidazole rings is 1. The highest BCUT2D eigenvalue weighted by atomic mass is 15.3. The number of rotatable bonds is 1. The van der Waals surface area contributed by atoms with Crippen molar-refractivity contribution < 1.29 is 4.57 Å². The zero-order valence-electron chi connectivity index (χ0n) is 14.3. The van der Waals surface area contributed by atoms with Gasteiger partial charge in [-0.05, 0) is 36.4 Å². The number of aromatic nitrogens is 5. The van der Waals surface area contributed by atoms with Crippen LogP contribution in [0.2, 0.25) is 0 Å². The quantitative estimate of drug-likeness (QED) is 0.432. The molecule has 0 N–H and O–H groups in total. The molecule has 0 aliphatic carbocycles. The topological polar surface area (TPSA) is 39.5 Å². The van der Waals surface area contributed by atoms with E-state index in [1.807, 2.05) is 30.6 Å². The molecule has 0 amide bonds. The highest BCUT2D eigenvalue weighted by molar-refractivity contribution is 6.03. The van der Waals surface area contributed by atoms with Crippen molar-refractivity contribution in [2.45, 2.75) is 6.54 Å². The predicted octanol–water partition coefficient (Wildman–Crippen LogP) is 3.23. The Morgan fingerprint density at radius 2 is 1.73 bits per heavy atom. The average molecular weight is 338 g/mol. The second-order valence-electron chi connectivity index (χ2n) is 6.68. The van der Waals surface area contributed by atoms with Crippen molar-refractivity contribution >= 4 is 22.2 Å². The fourth-order valence-corrected chi connectivity index (χ4v) is 4.27. The molecular formula is C21H16N5+. The zero-order chi connectivity index (χ0) is 17.3. The molecule has 0 saturated carbocycles. The maximum Gasteiger partial charge on any atom is 0.276 e. The van der Waals surface area contributed by atoms with Crippen LogP contribution in [0.15, 0.2) is 67.0 Å². The third-order valence-corrected chi connectivity index (χ3v) is 5.29. The van der Waals surface area contributed by atoms with E-state index in [2.05, 4.69) is 62.1 Å². The predicted molar refractivity (Wildman–Crippen MR) is 100 cm³/mol. The number of aryl methyl sites for hydroxylation is 1. The molecule has 1 aromatic carbocycles. The van der Waals surface area contributed by atoms with Gasteiger partial charge in [0.25, 0.3) is 5.65 Å². The van der Waals surface area contributed by atoms with Crippen molar-refractivity contribution in [3.63, 3.8) is 0 Å². The molecule has 124 valence electrons. The lowest BCUT2D eigenvalue weighted by atomic mass is 10.2. The maximum absolute atomic E-state index is 4.73. The largest absolute Gasteiger partial charge is 0.276 e. The van der Waals surface area contributed by atoms with Crippen molar-refractivity contribution in [1.29, 1.82) is 0 Å². The number of benzene rings is 1. The first-order chi connectivity index (χ1) is 12.8. The Labute approximate surface area is 149 Å². The van der Waals surface area contributed by atoms with Crippen LogP contribution in [0.4, 0.5) is 0 Å². The SMILES string of the molecule is C[n+]1c2n(c3c4ncccc4n(-c4ccccc4)c31)Cc1ncccc1-2. The van der Waals surface area contributed by atoms with E-state index in [1.165, 1.54) is 16.9 Å². The van der Waals surface area contributed by atoms with Gasteiger partial charge < -0.3 is 0 Å². The smallest absolute Gasteiger partial charge is 0.257 e. The number of para-hydroxylation sites is 1. The van der Waals surface area contributed by atoms with Gasteiger partial charge in [-0.3, -0.25) is 4.98 Å². The Hall–Kier alpha value is -3.47. The van der Waals surface area contributed by atoms with Crippen molar-refractivity contribution in [2.24, 2.45) is 7.05 Å². The minimum Gasteiger partial charge on any atom is -0.257 e. The van der Waals surface area contributed by atoms with Gasteiger partial charge in [0.2, 0.25) is 11.3 Å². The summed E-state index contributed by atoms with van der Waals surface area (Å²) in [4.78, 5) is 9.31. The first-order valence-electron chi connectivity index (χ1n) is 8.72. The molecule has 0 fully saturated rings. The van der Waals surface area contributed by atoms with Gasteiger partial charge >= 0.3 is 0 Å². The summed E-state index contributed by atoms with van der Waals surface area (Å²) in [6, 6.07) is 18.8. The van der Waals surface area contributed by atoms with Crippen molar-refractivity contribution in [3.05, 3.63) is 72.7 Å². The van der Waals surface area contributed by atoms with Crippen molar-refractivity contribution in [2.75, 3.05) is 0 Å². The summed E-state index contributed by atoms with van der Waals surface area (Å²) >= 11 is 0. The molecule has 0 spiro atoms. The first-order valence-corrected chi connectivity index (χ1v) is 8.72. The van der Waals surface area contributed by atoms with E-state index >= 15 is 0 Å². The van der Waals surface area contributed by atoms with Crippen LogP contribution in [0.25, 0.3) is 39.3 Å². The van der Waals surface area contributed by atoms with Gasteiger partial charge in [-0.1, -0.05) is 18.2 Å². The number of fused-ring (bicyclic) bond motifs is 7. The van der Waals surface area contributed by atoms with E-state index in [0.29, 0.717) is 0 Å². The second-order valence-corrected chi connectivity index (χ2v) is 6.68. The third kappa shape index (κ3) is 1.57. The van der Waals surface area contributed by atoms with Crippen LogP contribution in [-0.2, 0) is 13.6 Å². The van der Waals surface area contributed by atoms with E-state index in [1.54, 1.807) is 0 Å². The monoisotopic (exact) mass is 338 g/mol. The fraction of sp³-hybridized carbons (Fsp3) is 0.0952. The van der Waals surface area contributed by atoms with Gasteiger partial charge in [0.1, 0.15) is 23.3 Å². The molecule has 5 heteroatoms. The van der Waals surface area contributed by atoms with Crippen LogP contribution in [-0.4, -0.2) is 19.1 Å². The molecule has 5 heterocycles. The summed E-state index contributed by atoms with van der Waals surface area (Å²) in [5.41, 5.74) is 7.95. The number of hydrogen-bond acceptors (Lipinski definition) is 2. The Bertz CT molecular complexity index is 1310. The molecule has 0 bridgehead atoms. The molecule has 0 atom stereocenters. The molecule has 5 aromatic rings. The Morgan fingerprint density at radius 1 is 0.923 bits per heavy atom. The minimum atomic E-state index is 0.785. The van der Waals surface area contributed by atoms with Crippen LogP contribution in [0.5, 0.6) is 0 Å². The molecule has 0 unspecified atom stereocenters. The van der Waals surface area contributed by atoms with Crippen molar-refractivity contribution in [1.82, 2.24) is 19.1 Å². The molecule has 26 heavy (non-hydrogen) atoms. The van der Waals surface area contributed by atoms with Crippen LogP contribution >= 0.6 is 0 Å². The Balaban J connectivity index is 1.83. The highest BCUT2D eigenvalue weighted by Gasteiger charge is 2.36. The molecule has 5 nitrogen and oxygen atoms in total. The maximum atomic E-state index is 4.73. The van der Waals surface area contributed by atoms with Gasteiger partial charge in [-0.25, -0.2) is 18.7 Å². The number of hydrogen-bond donors (Lipinski definition) is 0. The zero-order valence-corrected chi connectivity index (χ0v) is 14.3. The van der Waals surface area contributed by atoms with E-state index < -0.39 is 0 Å². The molecular weight excluding hydrogens is 322 g/mol. The number of pyridine rings is 2. The van der Waals surface area contributed by atoms with Gasteiger partial charge in [-0.15, -0.1) is 0 Å². The summed E-state index contributed by atoms with van der Waals surface area (Å²) in [5.74, 6) is 1.19. The summed E-state index contributed by atoms with van der Waals surface area (Å²) in [5, 5.41) is 0. The van der Waals surface area contributed by atoms with Gasteiger partial charge in [0, 0.05) is 12.4 Å². The number of nitrogens with zero attached hydrogens (tertiary/aromatic N) is 5. The Morgan fingerprint density at radius 3 is 2.62 bits per heavy atom. The van der Waals surface area contributed by atoms with Crippen molar-refractivity contribution in [3.8, 4) is 17.1 Å². The normalized spacial score (nSPS) is 12.7. The first kappa shape index (κ1) is 13.8. The lowest BCUT2D eigenvalue weighted by Gasteiger charge is -2.03. The van der Waals surface area contributed by atoms with Crippen LogP contribution < -0.4 is 4.57 Å². The minimum absolute atomic E-state index is 0.785. The van der Waals surface area contributed by atoms with Crippen LogP contribution in [0, 0.1) is 0 Å². The molecule has 1 aliphatic heterocycles. The van der Waals surface area contributed by atoms with Crippen LogP contribution in [0.3, 0.4) is 0 Å². The van der Waals surface area contributed by atoms with Gasteiger partial charge in [-0.2, -0.15) is 0 Å². The third-order valence-electron chi connectivity index (χ3n) is 5.29. The lowest BCUT2D eigenvalue weighted by Crippen LogP contribution is -2.31. The molecule has 0 saturated heterocycles.